The van der Waals surface area contributed by atoms with Gasteiger partial charge in [0.2, 0.25) is 5.91 Å². The quantitative estimate of drug-likeness (QED) is 0.691. The van der Waals surface area contributed by atoms with Gasteiger partial charge in [-0.15, -0.1) is 0 Å². The van der Waals surface area contributed by atoms with E-state index in [0.717, 1.165) is 10.2 Å². The van der Waals surface area contributed by atoms with Gasteiger partial charge in [0.15, 0.2) is 10.9 Å². The molecule has 122 valence electrons. The Bertz CT molecular complexity index is 874. The van der Waals surface area contributed by atoms with E-state index >= 15 is 0 Å². The van der Waals surface area contributed by atoms with Crippen LogP contribution in [0.3, 0.4) is 0 Å². The number of para-hydroxylation sites is 1. The van der Waals surface area contributed by atoms with Crippen LogP contribution in [0.5, 0.6) is 5.75 Å². The molecule has 2 aromatic carbocycles. The molecule has 0 fully saturated rings. The molecule has 0 bridgehead atoms. The molecule has 0 saturated carbocycles. The number of nitrogens with one attached hydrogen (secondary N) is 1. The van der Waals surface area contributed by atoms with Crippen molar-refractivity contribution in [1.82, 2.24) is 4.98 Å². The van der Waals surface area contributed by atoms with E-state index in [1.54, 1.807) is 19.2 Å². The fraction of sp³-hybridized carbons (Fsp3) is 0.167. The number of ketones is 1. The molecule has 1 heterocycles. The maximum absolute atomic E-state index is 12.1. The summed E-state index contributed by atoms with van der Waals surface area (Å²) in [5.41, 5.74) is 1.34. The first kappa shape index (κ1) is 16.1. The summed E-state index contributed by atoms with van der Waals surface area (Å²) in [4.78, 5) is 28.5. The van der Waals surface area contributed by atoms with Gasteiger partial charge in [-0.05, 0) is 12.1 Å². The highest BCUT2D eigenvalue weighted by Crippen LogP contribution is 2.32. The second-order valence-corrected chi connectivity index (χ2v) is 6.19. The highest BCUT2D eigenvalue weighted by molar-refractivity contribution is 7.22. The molecule has 0 atom stereocenters. The van der Waals surface area contributed by atoms with Crippen LogP contribution in [0.4, 0.5) is 5.13 Å². The first-order valence-corrected chi connectivity index (χ1v) is 8.30. The molecule has 1 N–H and O–H groups in total. The van der Waals surface area contributed by atoms with Gasteiger partial charge in [-0.25, -0.2) is 4.98 Å². The van der Waals surface area contributed by atoms with E-state index in [0.29, 0.717) is 16.4 Å². The Morgan fingerprint density at radius 3 is 2.62 bits per heavy atom. The number of carbonyl (C=O) groups is 2. The van der Waals surface area contributed by atoms with Crippen molar-refractivity contribution < 1.29 is 14.3 Å². The van der Waals surface area contributed by atoms with Gasteiger partial charge in [0.25, 0.3) is 0 Å². The second kappa shape index (κ2) is 7.23. The first-order valence-electron chi connectivity index (χ1n) is 7.49. The Morgan fingerprint density at radius 2 is 1.88 bits per heavy atom. The van der Waals surface area contributed by atoms with Crippen molar-refractivity contribution in [3.05, 3.63) is 54.1 Å². The Labute approximate surface area is 143 Å². The van der Waals surface area contributed by atoms with Gasteiger partial charge in [-0.2, -0.15) is 0 Å². The van der Waals surface area contributed by atoms with Crippen molar-refractivity contribution in [1.29, 1.82) is 0 Å². The lowest BCUT2D eigenvalue weighted by atomic mass is 10.1. The standard InChI is InChI=1S/C18H16N2O3S/c1-23-14-8-5-9-15-17(14)20-18(24-15)19-16(22)11-10-13(21)12-6-3-2-4-7-12/h2-9H,10-11H2,1H3,(H,19,20,22). The van der Waals surface area contributed by atoms with Crippen LogP contribution in [0.25, 0.3) is 10.2 Å². The van der Waals surface area contributed by atoms with Crippen LogP contribution in [-0.4, -0.2) is 23.8 Å². The van der Waals surface area contributed by atoms with E-state index in [9.17, 15) is 9.59 Å². The van der Waals surface area contributed by atoms with E-state index in [2.05, 4.69) is 10.3 Å². The number of amides is 1. The summed E-state index contributed by atoms with van der Waals surface area (Å²) in [6.07, 6.45) is 0.296. The molecule has 0 radical (unpaired) electrons. The predicted molar refractivity (Wildman–Crippen MR) is 94.8 cm³/mol. The lowest BCUT2D eigenvalue weighted by Crippen LogP contribution is -2.13. The highest BCUT2D eigenvalue weighted by atomic mass is 32.1. The van der Waals surface area contributed by atoms with E-state index in [1.165, 1.54) is 11.3 Å². The minimum absolute atomic E-state index is 0.0447. The molecule has 6 heteroatoms. The molecular weight excluding hydrogens is 324 g/mol. The number of hydrogen-bond acceptors (Lipinski definition) is 5. The maximum Gasteiger partial charge on any atom is 0.226 e. The van der Waals surface area contributed by atoms with Crippen molar-refractivity contribution >= 4 is 38.4 Å². The summed E-state index contributed by atoms with van der Waals surface area (Å²) in [6, 6.07) is 14.6. The third kappa shape index (κ3) is 3.60. The van der Waals surface area contributed by atoms with Crippen LogP contribution in [-0.2, 0) is 4.79 Å². The molecule has 0 spiro atoms. The van der Waals surface area contributed by atoms with Crippen molar-refractivity contribution in [3.8, 4) is 5.75 Å². The molecule has 3 rings (SSSR count). The van der Waals surface area contributed by atoms with Crippen molar-refractivity contribution in [2.45, 2.75) is 12.8 Å². The van der Waals surface area contributed by atoms with Gasteiger partial charge in [-0.1, -0.05) is 47.7 Å². The van der Waals surface area contributed by atoms with Crippen molar-refractivity contribution in [2.24, 2.45) is 0 Å². The number of anilines is 1. The lowest BCUT2D eigenvalue weighted by Gasteiger charge is -2.02. The lowest BCUT2D eigenvalue weighted by molar-refractivity contribution is -0.116. The monoisotopic (exact) mass is 340 g/mol. The molecule has 0 saturated heterocycles. The molecule has 1 aromatic heterocycles. The first-order chi connectivity index (χ1) is 11.7. The number of Topliss-reactive ketones (excluding diaryl/α,β-unsaturated/α-hetero) is 1. The van der Waals surface area contributed by atoms with Crippen molar-refractivity contribution in [3.63, 3.8) is 0 Å². The van der Waals surface area contributed by atoms with Gasteiger partial charge in [0.05, 0.1) is 11.8 Å². The Hall–Kier alpha value is -2.73. The minimum Gasteiger partial charge on any atom is -0.494 e. The number of nitrogens with zero attached hydrogens (tertiary/aromatic N) is 1. The van der Waals surface area contributed by atoms with Crippen LogP contribution in [0.15, 0.2) is 48.5 Å². The van der Waals surface area contributed by atoms with Crippen LogP contribution in [0.2, 0.25) is 0 Å². The number of thiazole rings is 1. The average molecular weight is 340 g/mol. The summed E-state index contributed by atoms with van der Waals surface area (Å²) >= 11 is 1.38. The van der Waals surface area contributed by atoms with Gasteiger partial charge >= 0.3 is 0 Å². The molecule has 24 heavy (non-hydrogen) atoms. The zero-order chi connectivity index (χ0) is 16.9. The topological polar surface area (TPSA) is 68.3 Å². The van der Waals surface area contributed by atoms with Gasteiger partial charge in [0.1, 0.15) is 11.3 Å². The molecule has 0 aliphatic rings. The zero-order valence-electron chi connectivity index (χ0n) is 13.1. The summed E-state index contributed by atoms with van der Waals surface area (Å²) in [7, 11) is 1.58. The van der Waals surface area contributed by atoms with Crippen LogP contribution in [0.1, 0.15) is 23.2 Å². The highest BCUT2D eigenvalue weighted by Gasteiger charge is 2.13. The predicted octanol–water partition coefficient (Wildman–Crippen LogP) is 3.91. The van der Waals surface area contributed by atoms with Crippen LogP contribution < -0.4 is 10.1 Å². The van der Waals surface area contributed by atoms with Gasteiger partial charge < -0.3 is 10.1 Å². The number of ether oxygens (including phenoxy) is 1. The fourth-order valence-corrected chi connectivity index (χ4v) is 3.22. The average Bonchev–Trinajstić information content (AvgIpc) is 3.02. The summed E-state index contributed by atoms with van der Waals surface area (Å²) in [6.45, 7) is 0. The summed E-state index contributed by atoms with van der Waals surface area (Å²) < 4.78 is 6.20. The van der Waals surface area contributed by atoms with Gasteiger partial charge in [-0.3, -0.25) is 9.59 Å². The number of aromatic nitrogens is 1. The van der Waals surface area contributed by atoms with Crippen LogP contribution >= 0.6 is 11.3 Å². The van der Waals surface area contributed by atoms with Gasteiger partial charge in [0, 0.05) is 18.4 Å². The molecule has 3 aromatic rings. The fourth-order valence-electron chi connectivity index (χ4n) is 2.32. The molecule has 5 nitrogen and oxygen atoms in total. The molecule has 0 aliphatic carbocycles. The Kier molecular flexibility index (Phi) is 4.86. The molecule has 0 aliphatic heterocycles. The van der Waals surface area contributed by atoms with Crippen LogP contribution in [0, 0.1) is 0 Å². The Balaban J connectivity index is 1.62. The van der Waals surface area contributed by atoms with Crippen molar-refractivity contribution in [2.75, 3.05) is 12.4 Å². The third-order valence-electron chi connectivity index (χ3n) is 3.52. The zero-order valence-corrected chi connectivity index (χ0v) is 13.9. The molecule has 0 unspecified atom stereocenters. The number of carbonyl (C=O) groups excluding carboxylic acids is 2. The second-order valence-electron chi connectivity index (χ2n) is 5.16. The normalized spacial score (nSPS) is 10.5. The number of benzene rings is 2. The SMILES string of the molecule is COc1cccc2sc(NC(=O)CCC(=O)c3ccccc3)nc12. The number of hydrogen-bond donors (Lipinski definition) is 1. The summed E-state index contributed by atoms with van der Waals surface area (Å²) in [5.74, 6) is 0.400. The Morgan fingerprint density at radius 1 is 1.08 bits per heavy atom. The maximum atomic E-state index is 12.1. The number of methoxy groups -OCH3 is 1. The van der Waals surface area contributed by atoms with E-state index in [4.69, 9.17) is 4.74 Å². The molecule has 1 amide bonds. The minimum atomic E-state index is -0.225. The third-order valence-corrected chi connectivity index (χ3v) is 4.46. The summed E-state index contributed by atoms with van der Waals surface area (Å²) in [5, 5.41) is 3.26. The largest absolute Gasteiger partial charge is 0.494 e. The smallest absolute Gasteiger partial charge is 0.226 e. The molecular formula is C18H16N2O3S. The number of rotatable bonds is 6. The number of fused-ring (bicyclic) bond motifs is 1. The van der Waals surface area contributed by atoms with E-state index in [1.807, 2.05) is 36.4 Å². The van der Waals surface area contributed by atoms with E-state index in [-0.39, 0.29) is 24.5 Å². The van der Waals surface area contributed by atoms with E-state index < -0.39 is 0 Å².